The molecular weight excluding hydrogens is 527 g/mol. The second-order valence-corrected chi connectivity index (χ2v) is 10.5. The van der Waals surface area contributed by atoms with Crippen molar-refractivity contribution in [2.45, 2.75) is 12.5 Å². The quantitative estimate of drug-likeness (QED) is 0.405. The van der Waals surface area contributed by atoms with Gasteiger partial charge < -0.3 is 9.64 Å². The van der Waals surface area contributed by atoms with Gasteiger partial charge in [-0.1, -0.05) is 48.0 Å². The van der Waals surface area contributed by atoms with Crippen LogP contribution in [-0.2, 0) is 9.53 Å². The van der Waals surface area contributed by atoms with Crippen LogP contribution in [0.4, 0.5) is 4.39 Å². The van der Waals surface area contributed by atoms with Crippen molar-refractivity contribution in [3.63, 3.8) is 0 Å². The maximum Gasteiger partial charge on any atom is 0.262 e. The van der Waals surface area contributed by atoms with Crippen LogP contribution in [-0.4, -0.2) is 78.3 Å². The molecule has 2 aliphatic heterocycles. The lowest BCUT2D eigenvalue weighted by Crippen LogP contribution is -2.46. The summed E-state index contributed by atoms with van der Waals surface area (Å²) in [5.41, 5.74) is 1.52. The van der Waals surface area contributed by atoms with Crippen molar-refractivity contribution < 1.29 is 18.7 Å². The van der Waals surface area contributed by atoms with Crippen molar-refractivity contribution >= 4 is 40.5 Å². The number of hydrogen-bond donors (Lipinski definition) is 0. The van der Waals surface area contributed by atoms with E-state index in [1.165, 1.54) is 28.1 Å². The third-order valence-electron chi connectivity index (χ3n) is 6.74. The van der Waals surface area contributed by atoms with Gasteiger partial charge in [-0.05, 0) is 35.2 Å². The fourth-order valence-electron chi connectivity index (χ4n) is 4.70. The molecular formula is C28H28ClFN4O3S. The number of amides is 2. The Kier molecular flexibility index (Phi) is 8.48. The Morgan fingerprint density at radius 3 is 2.58 bits per heavy atom. The van der Waals surface area contributed by atoms with Crippen LogP contribution in [0, 0.1) is 5.82 Å². The highest BCUT2D eigenvalue weighted by Gasteiger charge is 2.36. The van der Waals surface area contributed by atoms with E-state index in [1.54, 1.807) is 23.5 Å². The summed E-state index contributed by atoms with van der Waals surface area (Å²) in [5, 5.41) is 8.64. The van der Waals surface area contributed by atoms with Crippen molar-refractivity contribution in [2.24, 2.45) is 5.10 Å². The summed E-state index contributed by atoms with van der Waals surface area (Å²) >= 11 is 8.08. The van der Waals surface area contributed by atoms with Gasteiger partial charge in [0.15, 0.2) is 0 Å². The summed E-state index contributed by atoms with van der Waals surface area (Å²) in [4.78, 5) is 31.8. The van der Waals surface area contributed by atoms with Crippen LogP contribution in [0.2, 0.25) is 5.02 Å². The minimum Gasteiger partial charge on any atom is -0.379 e. The van der Waals surface area contributed by atoms with Gasteiger partial charge in [0.25, 0.3) is 11.8 Å². The second-order valence-electron chi connectivity index (χ2n) is 9.16. The Hall–Kier alpha value is -3.11. The molecule has 0 N–H and O–H groups in total. The van der Waals surface area contributed by atoms with Crippen molar-refractivity contribution in [3.05, 3.63) is 92.9 Å². The first kappa shape index (κ1) is 26.5. The maximum absolute atomic E-state index is 14.6. The lowest BCUT2D eigenvalue weighted by Gasteiger charge is -2.31. The number of rotatable bonds is 8. The summed E-state index contributed by atoms with van der Waals surface area (Å²) in [7, 11) is 0. The molecule has 1 fully saturated rings. The van der Waals surface area contributed by atoms with Crippen molar-refractivity contribution in [1.29, 1.82) is 0 Å². The first-order valence-electron chi connectivity index (χ1n) is 12.5. The number of hydrogen-bond acceptors (Lipinski definition) is 6. The molecule has 0 aliphatic carbocycles. The molecule has 10 heteroatoms. The topological polar surface area (TPSA) is 65.5 Å². The van der Waals surface area contributed by atoms with Gasteiger partial charge in [0.05, 0.1) is 35.4 Å². The maximum atomic E-state index is 14.6. The van der Waals surface area contributed by atoms with E-state index < -0.39 is 17.8 Å². The Bertz CT molecular complexity index is 1310. The number of hydrazone groups is 1. The molecule has 0 radical (unpaired) electrons. The van der Waals surface area contributed by atoms with Crippen LogP contribution in [0.15, 0.2) is 71.1 Å². The van der Waals surface area contributed by atoms with E-state index >= 15 is 0 Å². The Morgan fingerprint density at radius 1 is 1.08 bits per heavy atom. The predicted molar refractivity (Wildman–Crippen MR) is 146 cm³/mol. The molecule has 198 valence electrons. The normalized spacial score (nSPS) is 17.9. The lowest BCUT2D eigenvalue weighted by atomic mass is 10.0. The molecule has 3 aromatic rings. The number of thiophene rings is 1. The fraction of sp³-hybridized carbons (Fsp3) is 0.321. The van der Waals surface area contributed by atoms with Gasteiger partial charge in [0.2, 0.25) is 0 Å². The fourth-order valence-corrected chi connectivity index (χ4v) is 5.68. The smallest absolute Gasteiger partial charge is 0.262 e. The van der Waals surface area contributed by atoms with E-state index in [2.05, 4.69) is 4.90 Å². The molecule has 1 aromatic heterocycles. The SMILES string of the molecule is O=C(c1ccccc1F)N(CCN1CCOCC1)CC(=O)N1N=C(c2cccs2)C[C@@H]1c1ccccc1Cl. The van der Waals surface area contributed by atoms with Crippen molar-refractivity contribution in [2.75, 3.05) is 45.9 Å². The van der Waals surface area contributed by atoms with Crippen LogP contribution < -0.4 is 0 Å². The zero-order valence-electron chi connectivity index (χ0n) is 20.8. The average Bonchev–Trinajstić information content (AvgIpc) is 3.62. The summed E-state index contributed by atoms with van der Waals surface area (Å²) in [6.45, 7) is 3.30. The monoisotopic (exact) mass is 554 g/mol. The van der Waals surface area contributed by atoms with Gasteiger partial charge in [-0.25, -0.2) is 9.40 Å². The standard InChI is InChI=1S/C28H28ClFN4O3S/c29-22-8-3-1-6-20(22)25-18-24(26-10-5-17-38-26)31-34(25)27(35)19-33(12-11-32-13-15-37-16-14-32)28(36)21-7-2-4-9-23(21)30/h1-10,17,25H,11-16,18-19H2/t25-/m1/s1. The number of carbonyl (C=O) groups is 2. The Balaban J connectivity index is 1.41. The number of halogens is 2. The Labute approximate surface area is 230 Å². The summed E-state index contributed by atoms with van der Waals surface area (Å²) in [5.74, 6) is -1.50. The highest BCUT2D eigenvalue weighted by molar-refractivity contribution is 7.12. The summed E-state index contributed by atoms with van der Waals surface area (Å²) in [6, 6.07) is 16.8. The minimum atomic E-state index is -0.616. The molecule has 0 spiro atoms. The minimum absolute atomic E-state index is 0.0610. The van der Waals surface area contributed by atoms with E-state index in [1.807, 2.05) is 35.7 Å². The predicted octanol–water partition coefficient (Wildman–Crippen LogP) is 4.69. The first-order valence-corrected chi connectivity index (χ1v) is 13.8. The Morgan fingerprint density at radius 2 is 1.84 bits per heavy atom. The molecule has 2 amide bonds. The molecule has 38 heavy (non-hydrogen) atoms. The highest BCUT2D eigenvalue weighted by atomic mass is 35.5. The largest absolute Gasteiger partial charge is 0.379 e. The molecule has 2 aromatic carbocycles. The zero-order valence-corrected chi connectivity index (χ0v) is 22.3. The van der Waals surface area contributed by atoms with E-state index in [0.717, 1.165) is 29.2 Å². The van der Waals surface area contributed by atoms with E-state index in [4.69, 9.17) is 21.4 Å². The van der Waals surface area contributed by atoms with Crippen LogP contribution >= 0.6 is 22.9 Å². The molecule has 3 heterocycles. The van der Waals surface area contributed by atoms with Crippen LogP contribution in [0.1, 0.15) is 33.3 Å². The third kappa shape index (κ3) is 5.96. The van der Waals surface area contributed by atoms with Gasteiger partial charge >= 0.3 is 0 Å². The zero-order chi connectivity index (χ0) is 26.5. The summed E-state index contributed by atoms with van der Waals surface area (Å²) in [6.07, 6.45) is 0.505. The van der Waals surface area contributed by atoms with Gasteiger partial charge in [-0.3, -0.25) is 14.5 Å². The number of benzene rings is 2. The average molecular weight is 555 g/mol. The van der Waals surface area contributed by atoms with Crippen LogP contribution in [0.25, 0.3) is 0 Å². The number of ether oxygens (including phenoxy) is 1. The van der Waals surface area contributed by atoms with Gasteiger partial charge in [-0.2, -0.15) is 5.10 Å². The highest BCUT2D eigenvalue weighted by Crippen LogP contribution is 2.37. The molecule has 0 saturated carbocycles. The number of morpholine rings is 1. The van der Waals surface area contributed by atoms with Crippen molar-refractivity contribution in [1.82, 2.24) is 14.8 Å². The van der Waals surface area contributed by atoms with Gasteiger partial charge in [-0.15, -0.1) is 11.3 Å². The molecule has 7 nitrogen and oxygen atoms in total. The van der Waals surface area contributed by atoms with Crippen LogP contribution in [0.3, 0.4) is 0 Å². The lowest BCUT2D eigenvalue weighted by molar-refractivity contribution is -0.133. The first-order chi connectivity index (χ1) is 18.5. The van der Waals surface area contributed by atoms with Gasteiger partial charge in [0, 0.05) is 37.6 Å². The van der Waals surface area contributed by atoms with E-state index in [-0.39, 0.29) is 24.6 Å². The molecule has 0 bridgehead atoms. The second kappa shape index (κ2) is 12.2. The summed E-state index contributed by atoms with van der Waals surface area (Å²) < 4.78 is 20.0. The van der Waals surface area contributed by atoms with E-state index in [9.17, 15) is 14.0 Å². The molecule has 1 saturated heterocycles. The van der Waals surface area contributed by atoms with Gasteiger partial charge in [0.1, 0.15) is 12.4 Å². The third-order valence-corrected chi connectivity index (χ3v) is 8.01. The van der Waals surface area contributed by atoms with Crippen LogP contribution in [0.5, 0.6) is 0 Å². The number of nitrogens with zero attached hydrogens (tertiary/aromatic N) is 4. The molecule has 2 aliphatic rings. The number of carbonyl (C=O) groups excluding carboxylic acids is 2. The van der Waals surface area contributed by atoms with Crippen molar-refractivity contribution in [3.8, 4) is 0 Å². The molecule has 5 rings (SSSR count). The molecule has 1 atom stereocenters. The van der Waals surface area contributed by atoms with E-state index in [0.29, 0.717) is 31.2 Å². The molecule has 0 unspecified atom stereocenters.